The quantitative estimate of drug-likeness (QED) is 0.347. The molecule has 3 aromatic rings. The van der Waals surface area contributed by atoms with Crippen molar-refractivity contribution in [2.75, 3.05) is 33.0 Å². The molecule has 4 unspecified atom stereocenters. The fourth-order valence-corrected chi connectivity index (χ4v) is 9.09. The highest BCUT2D eigenvalue weighted by Gasteiger charge is 2.63. The van der Waals surface area contributed by atoms with Gasteiger partial charge in [0.15, 0.2) is 11.5 Å². The molecular formula is C37H40N2O5. The van der Waals surface area contributed by atoms with Gasteiger partial charge in [0.05, 0.1) is 17.8 Å². The monoisotopic (exact) mass is 592 g/mol. The summed E-state index contributed by atoms with van der Waals surface area (Å²) in [4.78, 5) is 16.3. The van der Waals surface area contributed by atoms with Crippen LogP contribution in [-0.2, 0) is 23.0 Å². The maximum Gasteiger partial charge on any atom is 0.255 e. The van der Waals surface area contributed by atoms with Gasteiger partial charge in [-0.25, -0.2) is 0 Å². The number of ether oxygens (including phenoxy) is 3. The summed E-state index contributed by atoms with van der Waals surface area (Å²) in [5.74, 6) is 2.96. The lowest BCUT2D eigenvalue weighted by molar-refractivity contribution is -0.0349. The highest BCUT2D eigenvalue weighted by atomic mass is 16.7. The lowest BCUT2D eigenvalue weighted by atomic mass is 9.50. The number of nitrogens with zero attached hydrogens (tertiary/aromatic N) is 1. The Hall–Kier alpha value is -3.55. The number of piperidine rings is 1. The molecule has 228 valence electrons. The van der Waals surface area contributed by atoms with Crippen molar-refractivity contribution in [3.63, 3.8) is 0 Å². The number of likely N-dealkylation sites (tertiary alicyclic amines) is 1. The van der Waals surface area contributed by atoms with E-state index in [-0.39, 0.29) is 29.5 Å². The van der Waals surface area contributed by atoms with Crippen LogP contribution >= 0.6 is 0 Å². The standard InChI is InChI=1S/C37H40N2O5/c40-34-28(35(41)38-15-12-23-3-5-25(6-4-23)26-8-10-31-32(18-26)43-22-42-31)9-7-27-17-30-29-11-13-36(21-44-36)20-37(29,33(27)34)14-16-39(30)19-24-1-2-24/h3-10,18,24,29-30,40H,1-2,11-17,19-22H2,(H,38,41). The number of carbonyl (C=O) groups is 1. The van der Waals surface area contributed by atoms with Crippen molar-refractivity contribution in [1.29, 1.82) is 0 Å². The van der Waals surface area contributed by atoms with Gasteiger partial charge >= 0.3 is 0 Å². The van der Waals surface area contributed by atoms with E-state index in [1.54, 1.807) is 0 Å². The van der Waals surface area contributed by atoms with Gasteiger partial charge in [-0.15, -0.1) is 0 Å². The number of hydrogen-bond donors (Lipinski definition) is 2. The van der Waals surface area contributed by atoms with Gasteiger partial charge in [-0.2, -0.15) is 0 Å². The maximum absolute atomic E-state index is 13.5. The largest absolute Gasteiger partial charge is 0.507 e. The Morgan fingerprint density at radius 1 is 0.977 bits per heavy atom. The summed E-state index contributed by atoms with van der Waals surface area (Å²) < 4.78 is 17.0. The Balaban J connectivity index is 0.916. The third-order valence-corrected chi connectivity index (χ3v) is 11.6. The van der Waals surface area contributed by atoms with E-state index in [4.69, 9.17) is 14.2 Å². The van der Waals surface area contributed by atoms with Gasteiger partial charge in [-0.1, -0.05) is 36.4 Å². The molecule has 9 rings (SSSR count). The molecule has 4 atom stereocenters. The van der Waals surface area contributed by atoms with Gasteiger partial charge in [-0.05, 0) is 110 Å². The van der Waals surface area contributed by atoms with E-state index in [1.807, 2.05) is 24.3 Å². The summed E-state index contributed by atoms with van der Waals surface area (Å²) in [6.45, 7) is 3.91. The second-order valence-electron chi connectivity index (χ2n) is 14.2. The van der Waals surface area contributed by atoms with Crippen molar-refractivity contribution in [2.24, 2.45) is 11.8 Å². The summed E-state index contributed by atoms with van der Waals surface area (Å²) in [5, 5.41) is 14.9. The summed E-state index contributed by atoms with van der Waals surface area (Å²) in [6.07, 6.45) is 8.72. The topological polar surface area (TPSA) is 83.6 Å². The smallest absolute Gasteiger partial charge is 0.255 e. The van der Waals surface area contributed by atoms with Crippen LogP contribution < -0.4 is 14.8 Å². The van der Waals surface area contributed by atoms with Crippen LogP contribution in [0.15, 0.2) is 54.6 Å². The third-order valence-electron chi connectivity index (χ3n) is 11.6. The minimum atomic E-state index is -0.197. The van der Waals surface area contributed by atoms with E-state index in [2.05, 4.69) is 40.5 Å². The molecule has 44 heavy (non-hydrogen) atoms. The molecule has 7 nitrogen and oxygen atoms in total. The fraction of sp³-hybridized carbons (Fsp3) is 0.486. The number of phenols is 1. The predicted molar refractivity (Wildman–Crippen MR) is 166 cm³/mol. The van der Waals surface area contributed by atoms with Crippen LogP contribution in [-0.4, -0.2) is 60.6 Å². The highest BCUT2D eigenvalue weighted by Crippen LogP contribution is 2.63. The SMILES string of the molecule is O=C(NCCc1ccc(-c2ccc3c(c2)OCO3)cc1)c1ccc2c(c1O)C13CCN(CC4CC4)C(C2)C1CCC1(CO1)C3. The molecule has 2 N–H and O–H groups in total. The van der Waals surface area contributed by atoms with E-state index >= 15 is 0 Å². The third kappa shape index (κ3) is 4.42. The van der Waals surface area contributed by atoms with Gasteiger partial charge in [0.2, 0.25) is 6.79 Å². The highest BCUT2D eigenvalue weighted by molar-refractivity contribution is 5.97. The molecule has 0 radical (unpaired) electrons. The molecule has 3 aliphatic heterocycles. The van der Waals surface area contributed by atoms with E-state index < -0.39 is 0 Å². The van der Waals surface area contributed by atoms with Gasteiger partial charge in [0.25, 0.3) is 5.91 Å². The number of epoxide rings is 1. The Kier molecular flexibility index (Phi) is 6.08. The zero-order chi connectivity index (χ0) is 29.5. The minimum Gasteiger partial charge on any atom is -0.507 e. The normalized spacial score (nSPS) is 29.6. The van der Waals surface area contributed by atoms with Gasteiger partial charge in [0, 0.05) is 30.1 Å². The molecule has 0 aromatic heterocycles. The van der Waals surface area contributed by atoms with E-state index in [9.17, 15) is 9.90 Å². The molecule has 1 amide bonds. The molecule has 3 aromatic carbocycles. The lowest BCUT2D eigenvalue weighted by Gasteiger charge is -2.60. The predicted octanol–water partition coefficient (Wildman–Crippen LogP) is 5.61. The van der Waals surface area contributed by atoms with Gasteiger partial charge < -0.3 is 24.6 Å². The van der Waals surface area contributed by atoms with Crippen molar-refractivity contribution in [2.45, 2.75) is 68.4 Å². The number of hydrogen-bond acceptors (Lipinski definition) is 6. The summed E-state index contributed by atoms with van der Waals surface area (Å²) in [7, 11) is 0. The molecule has 3 heterocycles. The van der Waals surface area contributed by atoms with E-state index in [1.165, 1.54) is 24.9 Å². The molecule has 1 spiro atoms. The molecule has 2 saturated heterocycles. The number of aromatic hydroxyl groups is 1. The van der Waals surface area contributed by atoms with Crippen LogP contribution in [0.3, 0.4) is 0 Å². The average molecular weight is 593 g/mol. The molecule has 6 aliphatic rings. The van der Waals surface area contributed by atoms with Gasteiger partial charge in [0.1, 0.15) is 5.75 Å². The molecule has 2 bridgehead atoms. The second kappa shape index (κ2) is 9.98. The number of phenolic OH excluding ortho intramolecular Hbond substituents is 1. The average Bonchev–Trinajstić information content (AvgIpc) is 3.96. The summed E-state index contributed by atoms with van der Waals surface area (Å²) in [6, 6.07) is 18.9. The van der Waals surface area contributed by atoms with Crippen LogP contribution in [0, 0.1) is 11.8 Å². The summed E-state index contributed by atoms with van der Waals surface area (Å²) in [5.41, 5.74) is 5.92. The number of fused-ring (bicyclic) bond motifs is 2. The molecule has 3 aliphatic carbocycles. The van der Waals surface area contributed by atoms with Crippen molar-refractivity contribution >= 4 is 5.91 Å². The number of carbonyl (C=O) groups excluding carboxylic acids is 1. The molecular weight excluding hydrogens is 552 g/mol. The first-order valence-corrected chi connectivity index (χ1v) is 16.5. The minimum absolute atomic E-state index is 0.0166. The first-order valence-electron chi connectivity index (χ1n) is 16.5. The Bertz CT molecular complexity index is 1630. The first kappa shape index (κ1) is 26.8. The van der Waals surface area contributed by atoms with Crippen LogP contribution in [0.1, 0.15) is 65.6 Å². The fourth-order valence-electron chi connectivity index (χ4n) is 9.09. The number of rotatable bonds is 7. The number of nitrogens with one attached hydrogen (secondary N) is 1. The van der Waals surface area contributed by atoms with Crippen LogP contribution in [0.5, 0.6) is 17.2 Å². The zero-order valence-electron chi connectivity index (χ0n) is 25.1. The Morgan fingerprint density at radius 3 is 2.61 bits per heavy atom. The zero-order valence-corrected chi connectivity index (χ0v) is 25.1. The number of amides is 1. The Morgan fingerprint density at radius 2 is 1.80 bits per heavy atom. The first-order chi connectivity index (χ1) is 21.5. The van der Waals surface area contributed by atoms with Crippen molar-refractivity contribution in [3.05, 3.63) is 76.9 Å². The van der Waals surface area contributed by atoms with Crippen molar-refractivity contribution < 1.29 is 24.1 Å². The lowest BCUT2D eigenvalue weighted by Crippen LogP contribution is -2.63. The summed E-state index contributed by atoms with van der Waals surface area (Å²) >= 11 is 0. The maximum atomic E-state index is 13.5. The van der Waals surface area contributed by atoms with Crippen LogP contribution in [0.4, 0.5) is 0 Å². The van der Waals surface area contributed by atoms with Crippen molar-refractivity contribution in [1.82, 2.24) is 10.2 Å². The Labute approximate surface area is 258 Å². The van der Waals surface area contributed by atoms with Gasteiger partial charge in [-0.3, -0.25) is 9.69 Å². The van der Waals surface area contributed by atoms with Crippen molar-refractivity contribution in [3.8, 4) is 28.4 Å². The van der Waals surface area contributed by atoms with Crippen LogP contribution in [0.25, 0.3) is 11.1 Å². The molecule has 4 fully saturated rings. The number of benzene rings is 3. The van der Waals surface area contributed by atoms with E-state index in [0.717, 1.165) is 84.9 Å². The molecule has 2 saturated carbocycles. The molecule has 7 heteroatoms. The second-order valence-corrected chi connectivity index (χ2v) is 14.2. The van der Waals surface area contributed by atoms with E-state index in [0.29, 0.717) is 30.5 Å². The van der Waals surface area contributed by atoms with Crippen LogP contribution in [0.2, 0.25) is 0 Å².